The predicted octanol–water partition coefficient (Wildman–Crippen LogP) is 2.56. The van der Waals surface area contributed by atoms with E-state index in [1.54, 1.807) is 0 Å². The molecular formula is C11H20ClNO. The highest BCUT2D eigenvalue weighted by molar-refractivity contribution is 6.18. The van der Waals surface area contributed by atoms with Crippen molar-refractivity contribution >= 4 is 17.5 Å². The molecule has 2 nitrogen and oxygen atoms in total. The molecule has 1 fully saturated rings. The zero-order chi connectivity index (χ0) is 10.6. The second-order valence-electron chi connectivity index (χ2n) is 4.54. The number of carbonyl (C=O) groups is 1. The zero-order valence-electron chi connectivity index (χ0n) is 9.11. The monoisotopic (exact) mass is 217 g/mol. The lowest BCUT2D eigenvalue weighted by atomic mass is 10.0. The third-order valence-electron chi connectivity index (χ3n) is 3.05. The Morgan fingerprint density at radius 1 is 1.57 bits per heavy atom. The molecule has 3 heteroatoms. The molecule has 0 heterocycles. The van der Waals surface area contributed by atoms with Gasteiger partial charge in [0, 0.05) is 23.8 Å². The van der Waals surface area contributed by atoms with Crippen LogP contribution < -0.4 is 5.32 Å². The highest BCUT2D eigenvalue weighted by Gasteiger charge is 2.41. The van der Waals surface area contributed by atoms with E-state index in [2.05, 4.69) is 12.2 Å². The fourth-order valence-electron chi connectivity index (χ4n) is 1.55. The number of halogens is 1. The molecule has 0 spiro atoms. The molecule has 82 valence electrons. The maximum atomic E-state index is 11.6. The summed E-state index contributed by atoms with van der Waals surface area (Å²) in [6.07, 6.45) is 4.37. The highest BCUT2D eigenvalue weighted by atomic mass is 35.5. The van der Waals surface area contributed by atoms with Gasteiger partial charge in [0.15, 0.2) is 0 Å². The van der Waals surface area contributed by atoms with Crippen LogP contribution >= 0.6 is 11.6 Å². The highest BCUT2D eigenvalue weighted by Crippen LogP contribution is 2.45. The number of hydrogen-bond acceptors (Lipinski definition) is 1. The van der Waals surface area contributed by atoms with Crippen LogP contribution in [0.2, 0.25) is 0 Å². The quantitative estimate of drug-likeness (QED) is 0.681. The fourth-order valence-corrected chi connectivity index (χ4v) is 1.91. The van der Waals surface area contributed by atoms with Gasteiger partial charge in [-0.15, -0.1) is 11.6 Å². The van der Waals surface area contributed by atoms with Gasteiger partial charge < -0.3 is 5.32 Å². The van der Waals surface area contributed by atoms with Crippen molar-refractivity contribution in [2.75, 3.05) is 12.4 Å². The van der Waals surface area contributed by atoms with Crippen molar-refractivity contribution < 1.29 is 4.79 Å². The maximum Gasteiger partial charge on any atom is 0.222 e. The third kappa shape index (κ3) is 3.16. The van der Waals surface area contributed by atoms with Gasteiger partial charge in [0.2, 0.25) is 5.91 Å². The first-order valence-corrected chi connectivity index (χ1v) is 6.01. The second kappa shape index (κ2) is 5.01. The van der Waals surface area contributed by atoms with Crippen LogP contribution in [0.25, 0.3) is 0 Å². The average molecular weight is 218 g/mol. The predicted molar refractivity (Wildman–Crippen MR) is 59.5 cm³/mol. The van der Waals surface area contributed by atoms with E-state index in [0.29, 0.717) is 5.88 Å². The van der Waals surface area contributed by atoms with Gasteiger partial charge in [-0.25, -0.2) is 0 Å². The summed E-state index contributed by atoms with van der Waals surface area (Å²) in [6, 6.07) is 0. The number of nitrogens with one attached hydrogen (secondary N) is 1. The van der Waals surface area contributed by atoms with E-state index in [-0.39, 0.29) is 17.2 Å². The minimum Gasteiger partial charge on any atom is -0.355 e. The molecule has 1 aliphatic rings. The van der Waals surface area contributed by atoms with Gasteiger partial charge in [-0.2, -0.15) is 0 Å². The van der Waals surface area contributed by atoms with Crippen LogP contribution in [0.5, 0.6) is 0 Å². The van der Waals surface area contributed by atoms with Crippen molar-refractivity contribution in [1.82, 2.24) is 5.32 Å². The van der Waals surface area contributed by atoms with E-state index in [1.165, 1.54) is 12.8 Å². The van der Waals surface area contributed by atoms with Crippen molar-refractivity contribution in [2.24, 2.45) is 11.3 Å². The van der Waals surface area contributed by atoms with Gasteiger partial charge >= 0.3 is 0 Å². The van der Waals surface area contributed by atoms with Crippen LogP contribution in [-0.2, 0) is 4.79 Å². The van der Waals surface area contributed by atoms with Crippen LogP contribution in [0, 0.1) is 11.3 Å². The number of carbonyl (C=O) groups excluding carboxylic acids is 1. The van der Waals surface area contributed by atoms with Crippen molar-refractivity contribution in [3.05, 3.63) is 0 Å². The molecule has 0 radical (unpaired) electrons. The maximum absolute atomic E-state index is 11.6. The van der Waals surface area contributed by atoms with Gasteiger partial charge in [0.25, 0.3) is 0 Å². The SMILES string of the molecule is CCCC(C)C(=O)NCC1(CCl)CC1. The van der Waals surface area contributed by atoms with Crippen molar-refractivity contribution in [3.8, 4) is 0 Å². The van der Waals surface area contributed by atoms with Crippen molar-refractivity contribution in [1.29, 1.82) is 0 Å². The van der Waals surface area contributed by atoms with Crippen molar-refractivity contribution in [3.63, 3.8) is 0 Å². The molecule has 1 atom stereocenters. The Labute approximate surface area is 91.4 Å². The molecule has 0 aliphatic heterocycles. The van der Waals surface area contributed by atoms with E-state index in [4.69, 9.17) is 11.6 Å². The lowest BCUT2D eigenvalue weighted by molar-refractivity contribution is -0.124. The molecule has 1 unspecified atom stereocenters. The molecule has 0 aromatic rings. The molecule has 1 saturated carbocycles. The Morgan fingerprint density at radius 2 is 2.21 bits per heavy atom. The summed E-state index contributed by atoms with van der Waals surface area (Å²) in [6.45, 7) is 4.85. The van der Waals surface area contributed by atoms with Crippen LogP contribution in [0.1, 0.15) is 39.5 Å². The first-order valence-electron chi connectivity index (χ1n) is 5.47. The Balaban J connectivity index is 2.20. The molecule has 0 aromatic heterocycles. The van der Waals surface area contributed by atoms with Gasteiger partial charge in [-0.1, -0.05) is 20.3 Å². The minimum atomic E-state index is 0.145. The molecule has 1 N–H and O–H groups in total. The molecule has 1 aliphatic carbocycles. The summed E-state index contributed by atoms with van der Waals surface area (Å²) in [5.74, 6) is 1.00. The third-order valence-corrected chi connectivity index (χ3v) is 3.61. The van der Waals surface area contributed by atoms with Crippen molar-refractivity contribution in [2.45, 2.75) is 39.5 Å². The van der Waals surface area contributed by atoms with Gasteiger partial charge in [0.05, 0.1) is 0 Å². The lowest BCUT2D eigenvalue weighted by Gasteiger charge is -2.15. The molecule has 0 bridgehead atoms. The summed E-state index contributed by atoms with van der Waals surface area (Å²) >= 11 is 5.83. The first-order chi connectivity index (χ1) is 6.63. The Kier molecular flexibility index (Phi) is 4.24. The first kappa shape index (κ1) is 11.8. The van der Waals surface area contributed by atoms with Gasteiger partial charge in [0.1, 0.15) is 0 Å². The number of rotatable bonds is 6. The topological polar surface area (TPSA) is 29.1 Å². The number of hydrogen-bond donors (Lipinski definition) is 1. The standard InChI is InChI=1S/C11H20ClNO/c1-3-4-9(2)10(14)13-8-11(7-12)5-6-11/h9H,3-8H2,1-2H3,(H,13,14). The van der Waals surface area contributed by atoms with Gasteiger partial charge in [-0.05, 0) is 19.3 Å². The van der Waals surface area contributed by atoms with Crippen LogP contribution in [-0.4, -0.2) is 18.3 Å². The summed E-state index contributed by atoms with van der Waals surface area (Å²) in [5, 5.41) is 3.00. The minimum absolute atomic E-state index is 0.145. The van der Waals surface area contributed by atoms with E-state index < -0.39 is 0 Å². The molecule has 14 heavy (non-hydrogen) atoms. The van der Waals surface area contributed by atoms with E-state index >= 15 is 0 Å². The van der Waals surface area contributed by atoms with E-state index in [1.807, 2.05) is 6.92 Å². The van der Waals surface area contributed by atoms with Gasteiger partial charge in [-0.3, -0.25) is 4.79 Å². The second-order valence-corrected chi connectivity index (χ2v) is 4.81. The van der Waals surface area contributed by atoms with Crippen LogP contribution in [0.3, 0.4) is 0 Å². The van der Waals surface area contributed by atoms with E-state index in [9.17, 15) is 4.79 Å². The van der Waals surface area contributed by atoms with Crippen LogP contribution in [0.4, 0.5) is 0 Å². The smallest absolute Gasteiger partial charge is 0.222 e. The largest absolute Gasteiger partial charge is 0.355 e. The molecule has 0 aromatic carbocycles. The molecule has 1 rings (SSSR count). The summed E-state index contributed by atoms with van der Waals surface area (Å²) in [5.41, 5.74) is 0.239. The molecule has 1 amide bonds. The zero-order valence-corrected chi connectivity index (χ0v) is 9.86. The normalized spacial score (nSPS) is 20.2. The summed E-state index contributed by atoms with van der Waals surface area (Å²) in [4.78, 5) is 11.6. The lowest BCUT2D eigenvalue weighted by Crippen LogP contribution is -2.34. The Bertz CT molecular complexity index is 201. The molecular weight excluding hydrogens is 198 g/mol. The Morgan fingerprint density at radius 3 is 2.64 bits per heavy atom. The average Bonchev–Trinajstić information content (AvgIpc) is 2.95. The summed E-state index contributed by atoms with van der Waals surface area (Å²) in [7, 11) is 0. The Hall–Kier alpha value is -0.240. The number of alkyl halides is 1. The molecule has 0 saturated heterocycles. The van der Waals surface area contributed by atoms with Crippen LogP contribution in [0.15, 0.2) is 0 Å². The summed E-state index contributed by atoms with van der Waals surface area (Å²) < 4.78 is 0. The number of amides is 1. The van der Waals surface area contributed by atoms with E-state index in [0.717, 1.165) is 19.4 Å². The fraction of sp³-hybridized carbons (Fsp3) is 0.909.